The van der Waals surface area contributed by atoms with Crippen LogP contribution in [0.5, 0.6) is 0 Å². The van der Waals surface area contributed by atoms with E-state index in [0.29, 0.717) is 5.92 Å². The third-order valence-corrected chi connectivity index (χ3v) is 4.63. The van der Waals surface area contributed by atoms with Gasteiger partial charge in [-0.1, -0.05) is 32.9 Å². The Morgan fingerprint density at radius 2 is 1.83 bits per heavy atom. The number of nitrogens with zero attached hydrogens (tertiary/aromatic N) is 1. The normalized spacial score (nSPS) is 16.5. The molecule has 4 heteroatoms. The molecule has 1 fully saturated rings. The molecule has 23 heavy (non-hydrogen) atoms. The fourth-order valence-electron chi connectivity index (χ4n) is 3.32. The lowest BCUT2D eigenvalue weighted by atomic mass is 9.89. The minimum absolute atomic E-state index is 0.0654. The standard InChI is InChI=1S/C19H28N4/c1-19(2,3)18-16(13-22-23-18)12-21-17-6-4-14(5-7-17)15-8-10-20-11-9-15/h4-7,13,15,20-21H,8-12H2,1-3H3,(H,22,23). The van der Waals surface area contributed by atoms with Crippen LogP contribution in [0.3, 0.4) is 0 Å². The summed E-state index contributed by atoms with van der Waals surface area (Å²) in [4.78, 5) is 0. The maximum Gasteiger partial charge on any atom is 0.0725 e. The Morgan fingerprint density at radius 1 is 1.13 bits per heavy atom. The van der Waals surface area contributed by atoms with Gasteiger partial charge >= 0.3 is 0 Å². The Morgan fingerprint density at radius 3 is 2.48 bits per heavy atom. The van der Waals surface area contributed by atoms with Gasteiger partial charge in [0, 0.05) is 29.4 Å². The Balaban J connectivity index is 1.62. The lowest BCUT2D eigenvalue weighted by molar-refractivity contribution is 0.460. The number of aromatic nitrogens is 2. The molecule has 0 spiro atoms. The zero-order valence-electron chi connectivity index (χ0n) is 14.4. The number of hydrogen-bond donors (Lipinski definition) is 3. The Labute approximate surface area is 139 Å². The first kappa shape index (κ1) is 16.1. The topological polar surface area (TPSA) is 52.7 Å². The first-order chi connectivity index (χ1) is 11.0. The molecule has 0 saturated carbocycles. The Bertz CT molecular complexity index is 616. The van der Waals surface area contributed by atoms with E-state index in [1.807, 2.05) is 6.20 Å². The van der Waals surface area contributed by atoms with Gasteiger partial charge in [-0.2, -0.15) is 5.10 Å². The number of hydrogen-bond acceptors (Lipinski definition) is 3. The number of piperidine rings is 1. The molecule has 1 aromatic carbocycles. The molecule has 0 bridgehead atoms. The lowest BCUT2D eigenvalue weighted by Gasteiger charge is -2.23. The maximum absolute atomic E-state index is 4.40. The van der Waals surface area contributed by atoms with Crippen LogP contribution in [0.2, 0.25) is 0 Å². The molecule has 0 aliphatic carbocycles. The third-order valence-electron chi connectivity index (χ3n) is 4.63. The molecule has 0 amide bonds. The van der Waals surface area contributed by atoms with Crippen LogP contribution < -0.4 is 10.6 Å². The van der Waals surface area contributed by atoms with E-state index in [4.69, 9.17) is 0 Å². The third kappa shape index (κ3) is 3.94. The molecule has 124 valence electrons. The molecule has 2 heterocycles. The van der Waals surface area contributed by atoms with Gasteiger partial charge in [0.05, 0.1) is 5.69 Å². The van der Waals surface area contributed by atoms with E-state index >= 15 is 0 Å². The highest BCUT2D eigenvalue weighted by molar-refractivity contribution is 5.46. The summed E-state index contributed by atoms with van der Waals surface area (Å²) in [5, 5.41) is 14.3. The first-order valence-corrected chi connectivity index (χ1v) is 8.62. The van der Waals surface area contributed by atoms with Crippen LogP contribution in [0.4, 0.5) is 5.69 Å². The van der Waals surface area contributed by atoms with Crippen molar-refractivity contribution >= 4 is 5.69 Å². The van der Waals surface area contributed by atoms with Gasteiger partial charge in [0.1, 0.15) is 0 Å². The molecule has 1 saturated heterocycles. The minimum Gasteiger partial charge on any atom is -0.381 e. The molecule has 1 aliphatic heterocycles. The second kappa shape index (κ2) is 6.75. The van der Waals surface area contributed by atoms with Crippen LogP contribution in [0.15, 0.2) is 30.5 Å². The molecule has 0 radical (unpaired) electrons. The van der Waals surface area contributed by atoms with E-state index in [1.165, 1.54) is 29.7 Å². The molecular weight excluding hydrogens is 284 g/mol. The highest BCUT2D eigenvalue weighted by Gasteiger charge is 2.20. The van der Waals surface area contributed by atoms with Crippen molar-refractivity contribution in [2.24, 2.45) is 0 Å². The summed E-state index contributed by atoms with van der Waals surface area (Å²) < 4.78 is 0. The minimum atomic E-state index is 0.0654. The van der Waals surface area contributed by atoms with Crippen molar-refractivity contribution in [3.63, 3.8) is 0 Å². The SMILES string of the molecule is CC(C)(C)c1n[nH]cc1CNc1ccc(C2CCNCC2)cc1. The number of rotatable bonds is 4. The number of anilines is 1. The summed E-state index contributed by atoms with van der Waals surface area (Å²) in [7, 11) is 0. The van der Waals surface area contributed by atoms with E-state index in [2.05, 4.69) is 65.9 Å². The molecule has 3 N–H and O–H groups in total. The second-order valence-electron chi connectivity index (χ2n) is 7.51. The van der Waals surface area contributed by atoms with E-state index in [9.17, 15) is 0 Å². The van der Waals surface area contributed by atoms with Gasteiger partial charge in [-0.05, 0) is 49.5 Å². The summed E-state index contributed by atoms with van der Waals surface area (Å²) in [5.74, 6) is 0.715. The number of benzene rings is 1. The monoisotopic (exact) mass is 312 g/mol. The molecular formula is C19H28N4. The molecule has 4 nitrogen and oxygen atoms in total. The Kier molecular flexibility index (Phi) is 4.71. The number of nitrogens with one attached hydrogen (secondary N) is 3. The predicted octanol–water partition coefficient (Wildman–Crippen LogP) is 3.79. The fourth-order valence-corrected chi connectivity index (χ4v) is 3.32. The maximum atomic E-state index is 4.40. The predicted molar refractivity (Wildman–Crippen MR) is 95.9 cm³/mol. The van der Waals surface area contributed by atoms with Gasteiger partial charge in [0.25, 0.3) is 0 Å². The van der Waals surface area contributed by atoms with Crippen molar-refractivity contribution in [3.8, 4) is 0 Å². The van der Waals surface area contributed by atoms with Crippen LogP contribution in [-0.4, -0.2) is 23.3 Å². The van der Waals surface area contributed by atoms with Crippen molar-refractivity contribution in [3.05, 3.63) is 47.3 Å². The highest BCUT2D eigenvalue weighted by atomic mass is 15.1. The smallest absolute Gasteiger partial charge is 0.0725 e. The van der Waals surface area contributed by atoms with Gasteiger partial charge in [-0.15, -0.1) is 0 Å². The van der Waals surface area contributed by atoms with Crippen LogP contribution >= 0.6 is 0 Å². The first-order valence-electron chi connectivity index (χ1n) is 8.62. The van der Waals surface area contributed by atoms with E-state index in [1.54, 1.807) is 0 Å². The van der Waals surface area contributed by atoms with Crippen LogP contribution in [0.25, 0.3) is 0 Å². The van der Waals surface area contributed by atoms with Crippen molar-refractivity contribution in [2.45, 2.75) is 51.5 Å². The molecule has 0 atom stereocenters. The molecule has 3 rings (SSSR count). The summed E-state index contributed by atoms with van der Waals surface area (Å²) >= 11 is 0. The second-order valence-corrected chi connectivity index (χ2v) is 7.51. The molecule has 1 aromatic heterocycles. The van der Waals surface area contributed by atoms with Gasteiger partial charge in [0.2, 0.25) is 0 Å². The summed E-state index contributed by atoms with van der Waals surface area (Å²) in [6, 6.07) is 8.96. The van der Waals surface area contributed by atoms with Crippen LogP contribution in [0, 0.1) is 0 Å². The molecule has 1 aliphatic rings. The molecule has 2 aromatic rings. The van der Waals surface area contributed by atoms with Crippen molar-refractivity contribution < 1.29 is 0 Å². The van der Waals surface area contributed by atoms with Gasteiger partial charge in [0.15, 0.2) is 0 Å². The summed E-state index contributed by atoms with van der Waals surface area (Å²) in [5.41, 5.74) is 5.08. The summed E-state index contributed by atoms with van der Waals surface area (Å²) in [6.45, 7) is 9.67. The largest absolute Gasteiger partial charge is 0.381 e. The number of H-pyrrole nitrogens is 1. The van der Waals surface area contributed by atoms with E-state index in [-0.39, 0.29) is 5.41 Å². The van der Waals surface area contributed by atoms with Crippen LogP contribution in [-0.2, 0) is 12.0 Å². The average Bonchev–Trinajstić information content (AvgIpc) is 3.03. The summed E-state index contributed by atoms with van der Waals surface area (Å²) in [6.07, 6.45) is 4.49. The highest BCUT2D eigenvalue weighted by Crippen LogP contribution is 2.27. The van der Waals surface area contributed by atoms with E-state index < -0.39 is 0 Å². The fraction of sp³-hybridized carbons (Fsp3) is 0.526. The van der Waals surface area contributed by atoms with Gasteiger partial charge in [-0.3, -0.25) is 5.10 Å². The van der Waals surface area contributed by atoms with Gasteiger partial charge < -0.3 is 10.6 Å². The lowest BCUT2D eigenvalue weighted by Crippen LogP contribution is -2.26. The van der Waals surface area contributed by atoms with Crippen LogP contribution in [0.1, 0.15) is 56.4 Å². The van der Waals surface area contributed by atoms with Gasteiger partial charge in [-0.25, -0.2) is 0 Å². The van der Waals surface area contributed by atoms with Crippen molar-refractivity contribution in [1.29, 1.82) is 0 Å². The zero-order valence-corrected chi connectivity index (χ0v) is 14.4. The quantitative estimate of drug-likeness (QED) is 0.805. The zero-order chi connectivity index (χ0) is 16.3. The molecule has 0 unspecified atom stereocenters. The average molecular weight is 312 g/mol. The van der Waals surface area contributed by atoms with Crippen molar-refractivity contribution in [2.75, 3.05) is 18.4 Å². The Hall–Kier alpha value is -1.81. The van der Waals surface area contributed by atoms with Crippen molar-refractivity contribution in [1.82, 2.24) is 15.5 Å². The number of aromatic amines is 1. The van der Waals surface area contributed by atoms with E-state index in [0.717, 1.165) is 25.3 Å².